The molecule has 0 heterocycles. The Balaban J connectivity index is 4.46. The summed E-state index contributed by atoms with van der Waals surface area (Å²) in [6.07, 6.45) is 6.26. The van der Waals surface area contributed by atoms with Crippen molar-refractivity contribution in [2.24, 2.45) is 5.11 Å². The van der Waals surface area contributed by atoms with Crippen molar-refractivity contribution in [3.8, 4) is 0 Å². The van der Waals surface area contributed by atoms with Gasteiger partial charge in [-0.3, -0.25) is 0 Å². The summed E-state index contributed by atoms with van der Waals surface area (Å²) in [6, 6.07) is 0. The van der Waals surface area contributed by atoms with Crippen molar-refractivity contribution >= 4 is 0 Å². The number of nitrogens with one attached hydrogen (secondary N) is 1. The molecule has 0 amide bonds. The van der Waals surface area contributed by atoms with E-state index in [1.807, 2.05) is 26.0 Å². The molecule has 0 aliphatic heterocycles. The zero-order valence-electron chi connectivity index (χ0n) is 7.09. The second kappa shape index (κ2) is 5.59. The van der Waals surface area contributed by atoms with E-state index in [-0.39, 0.29) is 0 Å². The zero-order chi connectivity index (χ0) is 8.69. The highest BCUT2D eigenvalue weighted by molar-refractivity contribution is 5.24. The Hall–Kier alpha value is -1.18. The topological polar surface area (TPSA) is 36.2 Å². The molecular weight excluding hydrogens is 136 g/mol. The molecular formula is C9H14N2. The standard InChI is InChI=1S/C9H14N2/c1-4-6-7-8(3)9(5-2)11-10/h4,6-7,10H,1,5H2,2-3H3/b7-6-,9-8+,11-10?. The van der Waals surface area contributed by atoms with Crippen molar-refractivity contribution in [2.75, 3.05) is 0 Å². The van der Waals surface area contributed by atoms with Gasteiger partial charge in [0.1, 0.15) is 0 Å². The minimum atomic E-state index is 0.802. The Morgan fingerprint density at radius 3 is 2.64 bits per heavy atom. The van der Waals surface area contributed by atoms with E-state index in [0.717, 1.165) is 17.7 Å². The Kier molecular flexibility index (Phi) is 4.99. The maximum Gasteiger partial charge on any atom is 0.0650 e. The first-order chi connectivity index (χ1) is 5.26. The van der Waals surface area contributed by atoms with Crippen molar-refractivity contribution < 1.29 is 0 Å². The van der Waals surface area contributed by atoms with Crippen LogP contribution in [0, 0.1) is 5.53 Å². The van der Waals surface area contributed by atoms with Crippen molar-refractivity contribution in [3.05, 3.63) is 36.1 Å². The highest BCUT2D eigenvalue weighted by Crippen LogP contribution is 2.10. The van der Waals surface area contributed by atoms with Crippen LogP contribution in [-0.4, -0.2) is 0 Å². The monoisotopic (exact) mass is 150 g/mol. The molecule has 2 nitrogen and oxygen atoms in total. The molecule has 0 aromatic carbocycles. The lowest BCUT2D eigenvalue weighted by Crippen LogP contribution is -1.78. The molecule has 0 rings (SSSR count). The summed E-state index contributed by atoms with van der Waals surface area (Å²) in [5.41, 5.74) is 8.69. The second-order valence-electron chi connectivity index (χ2n) is 2.19. The molecule has 0 bridgehead atoms. The summed E-state index contributed by atoms with van der Waals surface area (Å²) < 4.78 is 0. The highest BCUT2D eigenvalue weighted by atomic mass is 15.0. The maximum atomic E-state index is 6.83. The third-order valence-electron chi connectivity index (χ3n) is 1.41. The molecule has 2 heteroatoms. The quantitative estimate of drug-likeness (QED) is 0.470. The van der Waals surface area contributed by atoms with Crippen LogP contribution in [0.2, 0.25) is 0 Å². The van der Waals surface area contributed by atoms with Crippen molar-refractivity contribution in [1.29, 1.82) is 5.53 Å². The van der Waals surface area contributed by atoms with Crippen LogP contribution in [0.15, 0.2) is 41.2 Å². The van der Waals surface area contributed by atoms with Gasteiger partial charge in [-0.15, -0.1) is 0 Å². The Labute approximate surface area is 67.8 Å². The van der Waals surface area contributed by atoms with Crippen molar-refractivity contribution in [1.82, 2.24) is 0 Å². The zero-order valence-corrected chi connectivity index (χ0v) is 7.09. The van der Waals surface area contributed by atoms with Gasteiger partial charge < -0.3 is 0 Å². The molecule has 0 aliphatic rings. The number of hydrogen-bond donors (Lipinski definition) is 1. The molecule has 0 saturated carbocycles. The fraction of sp³-hybridized carbons (Fsp3) is 0.333. The van der Waals surface area contributed by atoms with E-state index in [2.05, 4.69) is 11.7 Å². The SMILES string of the molecule is C=C/C=C\C(C)=C(/CC)N=N. The van der Waals surface area contributed by atoms with E-state index in [1.54, 1.807) is 6.08 Å². The minimum Gasteiger partial charge on any atom is -0.205 e. The predicted octanol–water partition coefficient (Wildman–Crippen LogP) is 3.44. The Bertz CT molecular complexity index is 200. The predicted molar refractivity (Wildman–Crippen MR) is 47.5 cm³/mol. The van der Waals surface area contributed by atoms with Crippen LogP contribution in [0.4, 0.5) is 0 Å². The Morgan fingerprint density at radius 2 is 2.27 bits per heavy atom. The lowest BCUT2D eigenvalue weighted by molar-refractivity contribution is 0.944. The number of nitrogens with zero attached hydrogens (tertiary/aromatic N) is 1. The number of allylic oxidation sites excluding steroid dienone is 5. The van der Waals surface area contributed by atoms with Crippen LogP contribution in [0.25, 0.3) is 0 Å². The van der Waals surface area contributed by atoms with E-state index >= 15 is 0 Å². The largest absolute Gasteiger partial charge is 0.205 e. The highest BCUT2D eigenvalue weighted by Gasteiger charge is 1.92. The van der Waals surface area contributed by atoms with Gasteiger partial charge in [0.15, 0.2) is 0 Å². The number of hydrogen-bond acceptors (Lipinski definition) is 2. The molecule has 0 atom stereocenters. The molecule has 0 radical (unpaired) electrons. The van der Waals surface area contributed by atoms with Gasteiger partial charge in [-0.25, -0.2) is 5.53 Å². The molecule has 11 heavy (non-hydrogen) atoms. The van der Waals surface area contributed by atoms with E-state index in [0.29, 0.717) is 0 Å². The summed E-state index contributed by atoms with van der Waals surface area (Å²) in [4.78, 5) is 0. The minimum absolute atomic E-state index is 0.802. The van der Waals surface area contributed by atoms with Crippen LogP contribution in [0.1, 0.15) is 20.3 Å². The maximum absolute atomic E-state index is 6.83. The van der Waals surface area contributed by atoms with Crippen LogP contribution in [0.3, 0.4) is 0 Å². The van der Waals surface area contributed by atoms with Gasteiger partial charge >= 0.3 is 0 Å². The molecule has 0 saturated heterocycles. The van der Waals surface area contributed by atoms with Crippen molar-refractivity contribution in [2.45, 2.75) is 20.3 Å². The molecule has 0 fully saturated rings. The van der Waals surface area contributed by atoms with Gasteiger partial charge in [0.05, 0.1) is 5.70 Å². The molecule has 0 aliphatic carbocycles. The third kappa shape index (κ3) is 3.50. The van der Waals surface area contributed by atoms with Crippen LogP contribution in [-0.2, 0) is 0 Å². The molecule has 0 aromatic rings. The van der Waals surface area contributed by atoms with Gasteiger partial charge in [0.2, 0.25) is 0 Å². The van der Waals surface area contributed by atoms with Crippen LogP contribution >= 0.6 is 0 Å². The average Bonchev–Trinajstić information content (AvgIpc) is 2.03. The molecule has 0 spiro atoms. The molecule has 0 aromatic heterocycles. The average molecular weight is 150 g/mol. The van der Waals surface area contributed by atoms with E-state index in [4.69, 9.17) is 5.53 Å². The normalized spacial score (nSPS) is 12.9. The first-order valence-electron chi connectivity index (χ1n) is 3.62. The van der Waals surface area contributed by atoms with Crippen LogP contribution < -0.4 is 0 Å². The fourth-order valence-electron chi connectivity index (χ4n) is 0.755. The summed E-state index contributed by atoms with van der Waals surface area (Å²) in [5.74, 6) is 0. The Morgan fingerprint density at radius 1 is 1.64 bits per heavy atom. The van der Waals surface area contributed by atoms with Gasteiger partial charge in [-0.05, 0) is 18.9 Å². The summed E-state index contributed by atoms with van der Waals surface area (Å²) in [7, 11) is 0. The molecule has 0 unspecified atom stereocenters. The van der Waals surface area contributed by atoms with E-state index in [9.17, 15) is 0 Å². The molecule has 1 N–H and O–H groups in total. The van der Waals surface area contributed by atoms with E-state index < -0.39 is 0 Å². The first kappa shape index (κ1) is 9.82. The third-order valence-corrected chi connectivity index (χ3v) is 1.41. The van der Waals surface area contributed by atoms with Gasteiger partial charge in [-0.1, -0.05) is 31.7 Å². The summed E-state index contributed by atoms with van der Waals surface area (Å²) in [6.45, 7) is 7.48. The smallest absolute Gasteiger partial charge is 0.0650 e. The van der Waals surface area contributed by atoms with Crippen LogP contribution in [0.5, 0.6) is 0 Å². The van der Waals surface area contributed by atoms with Crippen molar-refractivity contribution in [3.63, 3.8) is 0 Å². The number of rotatable bonds is 4. The summed E-state index contributed by atoms with van der Waals surface area (Å²) >= 11 is 0. The van der Waals surface area contributed by atoms with Gasteiger partial charge in [0.25, 0.3) is 0 Å². The fourth-order valence-corrected chi connectivity index (χ4v) is 0.755. The lowest BCUT2D eigenvalue weighted by Gasteiger charge is -1.96. The second-order valence-corrected chi connectivity index (χ2v) is 2.19. The lowest BCUT2D eigenvalue weighted by atomic mass is 10.2. The van der Waals surface area contributed by atoms with Gasteiger partial charge in [-0.2, -0.15) is 5.11 Å². The molecule has 60 valence electrons. The van der Waals surface area contributed by atoms with Gasteiger partial charge in [0, 0.05) is 0 Å². The van der Waals surface area contributed by atoms with E-state index in [1.165, 1.54) is 0 Å². The first-order valence-corrected chi connectivity index (χ1v) is 3.62. The summed E-state index contributed by atoms with van der Waals surface area (Å²) in [5, 5.41) is 3.40.